The maximum atomic E-state index is 11.5. The summed E-state index contributed by atoms with van der Waals surface area (Å²) in [6, 6.07) is 7.69. The number of carbonyl (C=O) groups is 1. The summed E-state index contributed by atoms with van der Waals surface area (Å²) in [5.74, 6) is -0.500. The molecule has 2 rings (SSSR count). The Labute approximate surface area is 121 Å². The summed E-state index contributed by atoms with van der Waals surface area (Å²) < 4.78 is 10.0. The highest BCUT2D eigenvalue weighted by Gasteiger charge is 2.15. The van der Waals surface area contributed by atoms with E-state index in [0.717, 1.165) is 5.56 Å². The van der Waals surface area contributed by atoms with Gasteiger partial charge < -0.3 is 14.5 Å². The van der Waals surface area contributed by atoms with Gasteiger partial charge in [-0.2, -0.15) is 4.98 Å². The zero-order valence-corrected chi connectivity index (χ0v) is 12.0. The first-order valence-corrected chi connectivity index (χ1v) is 6.62. The number of carbonyl (C=O) groups excluding carboxylic acids is 1. The lowest BCUT2D eigenvalue weighted by atomic mass is 10.1. The van der Waals surface area contributed by atoms with Gasteiger partial charge >= 0.3 is 5.97 Å². The number of ether oxygens (including phenoxy) is 1. The van der Waals surface area contributed by atoms with Gasteiger partial charge in [-0.1, -0.05) is 23.7 Å². The zero-order chi connectivity index (χ0) is 14.5. The largest absolute Gasteiger partial charge is 0.461 e. The Morgan fingerprint density at radius 3 is 3.05 bits per heavy atom. The number of benzene rings is 1. The van der Waals surface area contributed by atoms with Crippen molar-refractivity contribution in [3.63, 3.8) is 0 Å². The van der Waals surface area contributed by atoms with Gasteiger partial charge in [0.15, 0.2) is 5.69 Å². The molecule has 0 spiro atoms. The van der Waals surface area contributed by atoms with Crippen molar-refractivity contribution in [3.8, 4) is 0 Å². The van der Waals surface area contributed by atoms with E-state index < -0.39 is 5.97 Å². The molecular weight excluding hydrogens is 280 g/mol. The lowest BCUT2D eigenvalue weighted by molar-refractivity contribution is 0.0519. The van der Waals surface area contributed by atoms with Gasteiger partial charge in [-0.05, 0) is 31.5 Å². The monoisotopic (exact) mass is 294 g/mol. The average Bonchev–Trinajstić information content (AvgIpc) is 2.87. The van der Waals surface area contributed by atoms with Gasteiger partial charge in [-0.15, -0.1) is 0 Å². The van der Waals surface area contributed by atoms with E-state index in [4.69, 9.17) is 20.8 Å². The molecule has 1 aromatic carbocycles. The van der Waals surface area contributed by atoms with Crippen molar-refractivity contribution in [3.05, 3.63) is 46.8 Å². The molecule has 6 heteroatoms. The Morgan fingerprint density at radius 1 is 1.55 bits per heavy atom. The Bertz CT molecular complexity index is 598. The Hall–Kier alpha value is -2.01. The number of nitrogens with zero attached hydrogens (tertiary/aromatic N) is 1. The zero-order valence-electron chi connectivity index (χ0n) is 11.2. The van der Waals surface area contributed by atoms with Crippen molar-refractivity contribution in [1.82, 2.24) is 4.98 Å². The molecule has 106 valence electrons. The molecule has 5 nitrogen and oxygen atoms in total. The SMILES string of the molecule is CCOC(=O)c1coc(NC(C)c2cccc(Cl)c2)n1. The van der Waals surface area contributed by atoms with E-state index in [1.807, 2.05) is 31.2 Å². The number of oxazole rings is 1. The molecule has 2 aromatic rings. The average molecular weight is 295 g/mol. The lowest BCUT2D eigenvalue weighted by Crippen LogP contribution is -2.08. The maximum Gasteiger partial charge on any atom is 0.360 e. The minimum Gasteiger partial charge on any atom is -0.461 e. The molecule has 20 heavy (non-hydrogen) atoms. The smallest absolute Gasteiger partial charge is 0.360 e. The lowest BCUT2D eigenvalue weighted by Gasteiger charge is -2.12. The van der Waals surface area contributed by atoms with Crippen LogP contribution in [0.4, 0.5) is 6.01 Å². The topological polar surface area (TPSA) is 64.4 Å². The molecular formula is C14H15ClN2O3. The summed E-state index contributed by atoms with van der Waals surface area (Å²) in [6.45, 7) is 3.98. The molecule has 1 atom stereocenters. The van der Waals surface area contributed by atoms with Gasteiger partial charge in [0.25, 0.3) is 6.01 Å². The van der Waals surface area contributed by atoms with Crippen LogP contribution in [-0.2, 0) is 4.74 Å². The summed E-state index contributed by atoms with van der Waals surface area (Å²) >= 11 is 5.94. The van der Waals surface area contributed by atoms with Gasteiger partial charge in [-0.3, -0.25) is 0 Å². The fourth-order valence-corrected chi connectivity index (χ4v) is 1.88. The van der Waals surface area contributed by atoms with E-state index in [9.17, 15) is 4.79 Å². The van der Waals surface area contributed by atoms with Gasteiger partial charge in [0, 0.05) is 5.02 Å². The molecule has 1 aromatic heterocycles. The standard InChI is InChI=1S/C14H15ClN2O3/c1-3-19-13(18)12-8-20-14(17-12)16-9(2)10-5-4-6-11(15)7-10/h4-9H,3H2,1-2H3,(H,16,17). The van der Waals surface area contributed by atoms with Crippen molar-refractivity contribution in [2.75, 3.05) is 11.9 Å². The fourth-order valence-electron chi connectivity index (χ4n) is 1.68. The van der Waals surface area contributed by atoms with Crippen LogP contribution in [0, 0.1) is 0 Å². The Morgan fingerprint density at radius 2 is 2.35 bits per heavy atom. The quantitative estimate of drug-likeness (QED) is 0.852. The molecule has 0 aliphatic carbocycles. The molecule has 0 radical (unpaired) electrons. The minimum atomic E-state index is -0.500. The van der Waals surface area contributed by atoms with E-state index in [1.165, 1.54) is 6.26 Å². The normalized spacial score (nSPS) is 11.9. The van der Waals surface area contributed by atoms with Crippen molar-refractivity contribution in [2.24, 2.45) is 0 Å². The Balaban J connectivity index is 2.05. The van der Waals surface area contributed by atoms with E-state index in [-0.39, 0.29) is 17.8 Å². The fraction of sp³-hybridized carbons (Fsp3) is 0.286. The van der Waals surface area contributed by atoms with Crippen LogP contribution in [0.25, 0.3) is 0 Å². The molecule has 0 aliphatic rings. The third-order valence-corrected chi connectivity index (χ3v) is 2.91. The number of hydrogen-bond donors (Lipinski definition) is 1. The van der Waals surface area contributed by atoms with Crippen molar-refractivity contribution in [1.29, 1.82) is 0 Å². The number of anilines is 1. The Kier molecular flexibility index (Phi) is 4.63. The molecule has 1 unspecified atom stereocenters. The highest BCUT2D eigenvalue weighted by molar-refractivity contribution is 6.30. The van der Waals surface area contributed by atoms with E-state index in [2.05, 4.69) is 10.3 Å². The molecule has 0 fully saturated rings. The number of esters is 1. The number of rotatable bonds is 5. The minimum absolute atomic E-state index is 0.0533. The molecule has 1 heterocycles. The summed E-state index contributed by atoms with van der Waals surface area (Å²) in [6.07, 6.45) is 1.27. The highest BCUT2D eigenvalue weighted by Crippen LogP contribution is 2.21. The summed E-state index contributed by atoms with van der Waals surface area (Å²) in [4.78, 5) is 15.5. The van der Waals surface area contributed by atoms with Crippen molar-refractivity contribution >= 4 is 23.6 Å². The van der Waals surface area contributed by atoms with Gasteiger partial charge in [0.05, 0.1) is 12.6 Å². The number of halogens is 1. The van der Waals surface area contributed by atoms with Crippen LogP contribution < -0.4 is 5.32 Å². The second-order valence-electron chi connectivity index (χ2n) is 4.18. The third kappa shape index (κ3) is 3.51. The van der Waals surface area contributed by atoms with Crippen molar-refractivity contribution < 1.29 is 13.9 Å². The van der Waals surface area contributed by atoms with E-state index >= 15 is 0 Å². The van der Waals surface area contributed by atoms with Gasteiger partial charge in [0.2, 0.25) is 0 Å². The summed E-state index contributed by atoms with van der Waals surface area (Å²) in [7, 11) is 0. The molecule has 0 bridgehead atoms. The van der Waals surface area contributed by atoms with Gasteiger partial charge in [-0.25, -0.2) is 4.79 Å². The highest BCUT2D eigenvalue weighted by atomic mass is 35.5. The van der Waals surface area contributed by atoms with Crippen LogP contribution in [0.1, 0.15) is 35.9 Å². The van der Waals surface area contributed by atoms with E-state index in [0.29, 0.717) is 11.6 Å². The number of nitrogens with one attached hydrogen (secondary N) is 1. The maximum absolute atomic E-state index is 11.5. The van der Waals surface area contributed by atoms with E-state index in [1.54, 1.807) is 6.92 Å². The summed E-state index contributed by atoms with van der Waals surface area (Å²) in [5, 5.41) is 3.72. The predicted octanol–water partition coefficient (Wildman–Crippen LogP) is 3.68. The van der Waals surface area contributed by atoms with Crippen LogP contribution in [0.15, 0.2) is 34.9 Å². The molecule has 0 aliphatic heterocycles. The molecule has 0 saturated carbocycles. The van der Waals surface area contributed by atoms with Gasteiger partial charge in [0.1, 0.15) is 6.26 Å². The molecule has 1 N–H and O–H groups in total. The first kappa shape index (κ1) is 14.4. The number of aromatic nitrogens is 1. The first-order valence-electron chi connectivity index (χ1n) is 6.24. The first-order chi connectivity index (χ1) is 9.60. The van der Waals surface area contributed by atoms with Crippen LogP contribution in [0.5, 0.6) is 0 Å². The third-order valence-electron chi connectivity index (χ3n) is 2.68. The molecule has 0 amide bonds. The van der Waals surface area contributed by atoms with Crippen LogP contribution in [-0.4, -0.2) is 17.6 Å². The van der Waals surface area contributed by atoms with Crippen LogP contribution in [0.2, 0.25) is 5.02 Å². The van der Waals surface area contributed by atoms with Crippen molar-refractivity contribution in [2.45, 2.75) is 19.9 Å². The molecule has 0 saturated heterocycles. The predicted molar refractivity (Wildman–Crippen MR) is 75.9 cm³/mol. The second kappa shape index (κ2) is 6.43. The van der Waals surface area contributed by atoms with Crippen LogP contribution >= 0.6 is 11.6 Å². The van der Waals surface area contributed by atoms with Crippen LogP contribution in [0.3, 0.4) is 0 Å². The summed E-state index contributed by atoms with van der Waals surface area (Å²) in [5.41, 5.74) is 1.14. The number of hydrogen-bond acceptors (Lipinski definition) is 5. The second-order valence-corrected chi connectivity index (χ2v) is 4.62.